The predicted octanol–water partition coefficient (Wildman–Crippen LogP) is 0.685. The third-order valence-corrected chi connectivity index (χ3v) is 4.14. The number of amides is 1. The number of carbonyl (C=O) groups is 1. The van der Waals surface area contributed by atoms with Crippen LogP contribution in [0.2, 0.25) is 0 Å². The summed E-state index contributed by atoms with van der Waals surface area (Å²) >= 11 is 0. The Labute approximate surface area is 138 Å². The molecule has 4 heterocycles. The number of anilines is 1. The second kappa shape index (κ2) is 5.55. The van der Waals surface area contributed by atoms with Gasteiger partial charge in [0.15, 0.2) is 5.65 Å². The number of nitrogens with zero attached hydrogens (tertiary/aromatic N) is 6. The number of hydrogen-bond donors (Lipinski definition) is 1. The zero-order valence-electron chi connectivity index (χ0n) is 13.5. The highest BCUT2D eigenvalue weighted by Crippen LogP contribution is 2.25. The number of hydrogen-bond acceptors (Lipinski definition) is 6. The minimum absolute atomic E-state index is 0.0920. The monoisotopic (exact) mass is 323 g/mol. The van der Waals surface area contributed by atoms with E-state index in [-0.39, 0.29) is 11.9 Å². The summed E-state index contributed by atoms with van der Waals surface area (Å²) in [4.78, 5) is 27.2. The maximum atomic E-state index is 12.3. The molecule has 0 unspecified atom stereocenters. The molecule has 8 nitrogen and oxygen atoms in total. The number of fused-ring (bicyclic) bond motifs is 1. The number of pyridine rings is 1. The molecule has 122 valence electrons. The van der Waals surface area contributed by atoms with Gasteiger partial charge in [-0.05, 0) is 25.1 Å². The van der Waals surface area contributed by atoms with E-state index in [1.807, 2.05) is 19.1 Å². The predicted molar refractivity (Wildman–Crippen MR) is 88.7 cm³/mol. The molecule has 0 saturated carbocycles. The molecule has 0 bridgehead atoms. The van der Waals surface area contributed by atoms with E-state index in [1.165, 1.54) is 6.33 Å². The van der Waals surface area contributed by atoms with Crippen molar-refractivity contribution in [1.29, 1.82) is 0 Å². The highest BCUT2D eigenvalue weighted by molar-refractivity contribution is 5.93. The lowest BCUT2D eigenvalue weighted by molar-refractivity contribution is 0.0920. The van der Waals surface area contributed by atoms with E-state index in [1.54, 1.807) is 24.0 Å². The Morgan fingerprint density at radius 2 is 2.12 bits per heavy atom. The number of rotatable bonds is 3. The Kier molecular flexibility index (Phi) is 3.37. The smallest absolute Gasteiger partial charge is 0.269 e. The van der Waals surface area contributed by atoms with Crippen LogP contribution in [-0.2, 0) is 7.05 Å². The molecule has 1 aliphatic rings. The third kappa shape index (κ3) is 2.45. The average Bonchev–Trinajstić information content (AvgIpc) is 2.88. The maximum absolute atomic E-state index is 12.3. The van der Waals surface area contributed by atoms with Crippen molar-refractivity contribution < 1.29 is 4.79 Å². The van der Waals surface area contributed by atoms with Crippen LogP contribution in [0.25, 0.3) is 11.0 Å². The van der Waals surface area contributed by atoms with Crippen LogP contribution in [0.3, 0.4) is 0 Å². The Balaban J connectivity index is 1.45. The summed E-state index contributed by atoms with van der Waals surface area (Å²) in [6, 6.07) is 5.71. The zero-order valence-corrected chi connectivity index (χ0v) is 13.5. The van der Waals surface area contributed by atoms with Gasteiger partial charge < -0.3 is 10.2 Å². The van der Waals surface area contributed by atoms with Gasteiger partial charge in [0, 0.05) is 26.3 Å². The maximum Gasteiger partial charge on any atom is 0.269 e. The first kappa shape index (κ1) is 14.6. The molecular formula is C16H17N7O. The van der Waals surface area contributed by atoms with Crippen molar-refractivity contribution in [3.8, 4) is 0 Å². The fourth-order valence-corrected chi connectivity index (χ4v) is 2.96. The Hall–Kier alpha value is -3.03. The molecule has 3 aromatic rings. The second-order valence-corrected chi connectivity index (χ2v) is 5.94. The van der Waals surface area contributed by atoms with Crippen LogP contribution >= 0.6 is 0 Å². The summed E-state index contributed by atoms with van der Waals surface area (Å²) in [5.74, 6) is 0.756. The largest absolute Gasteiger partial charge is 0.352 e. The molecule has 0 spiro atoms. The molecule has 24 heavy (non-hydrogen) atoms. The summed E-state index contributed by atoms with van der Waals surface area (Å²) in [5.41, 5.74) is 2.08. The zero-order chi connectivity index (χ0) is 16.7. The van der Waals surface area contributed by atoms with Gasteiger partial charge >= 0.3 is 0 Å². The lowest BCUT2D eigenvalue weighted by Crippen LogP contribution is -2.59. The van der Waals surface area contributed by atoms with E-state index in [0.29, 0.717) is 24.4 Å². The van der Waals surface area contributed by atoms with Gasteiger partial charge in [-0.15, -0.1) is 0 Å². The van der Waals surface area contributed by atoms with Crippen LogP contribution in [0, 0.1) is 6.92 Å². The van der Waals surface area contributed by atoms with Crippen molar-refractivity contribution in [1.82, 2.24) is 30.0 Å². The van der Waals surface area contributed by atoms with Crippen LogP contribution < -0.4 is 10.2 Å². The number of nitrogens with one attached hydrogen (secondary N) is 1. The van der Waals surface area contributed by atoms with Gasteiger partial charge in [0.2, 0.25) is 0 Å². The van der Waals surface area contributed by atoms with Crippen molar-refractivity contribution in [2.75, 3.05) is 18.0 Å². The molecule has 1 fully saturated rings. The van der Waals surface area contributed by atoms with Crippen LogP contribution in [0.15, 0.2) is 30.7 Å². The fourth-order valence-electron chi connectivity index (χ4n) is 2.96. The summed E-state index contributed by atoms with van der Waals surface area (Å²) in [7, 11) is 1.77. The summed E-state index contributed by atoms with van der Waals surface area (Å²) < 4.78 is 1.60. The fraction of sp³-hybridized carbons (Fsp3) is 0.312. The first-order chi connectivity index (χ1) is 11.6. The van der Waals surface area contributed by atoms with Crippen molar-refractivity contribution >= 4 is 22.8 Å². The van der Waals surface area contributed by atoms with Crippen molar-refractivity contribution in [2.45, 2.75) is 13.0 Å². The Morgan fingerprint density at radius 3 is 2.88 bits per heavy atom. The van der Waals surface area contributed by atoms with Crippen LogP contribution in [0.5, 0.6) is 0 Å². The molecular weight excluding hydrogens is 306 g/mol. The molecule has 1 N–H and O–H groups in total. The lowest BCUT2D eigenvalue weighted by atomic mass is 10.1. The van der Waals surface area contributed by atoms with E-state index in [9.17, 15) is 4.79 Å². The molecule has 3 aromatic heterocycles. The van der Waals surface area contributed by atoms with Gasteiger partial charge in [0.05, 0.1) is 17.1 Å². The number of carbonyl (C=O) groups excluding carboxylic acids is 1. The highest BCUT2D eigenvalue weighted by Gasteiger charge is 2.31. The number of aromatic nitrogens is 5. The molecule has 0 aliphatic carbocycles. The summed E-state index contributed by atoms with van der Waals surface area (Å²) in [5, 5.41) is 8.16. The van der Waals surface area contributed by atoms with Gasteiger partial charge in [-0.2, -0.15) is 5.10 Å². The normalized spacial score (nSPS) is 14.7. The quantitative estimate of drug-likeness (QED) is 0.763. The van der Waals surface area contributed by atoms with Crippen molar-refractivity contribution in [3.63, 3.8) is 0 Å². The van der Waals surface area contributed by atoms with Gasteiger partial charge in [-0.3, -0.25) is 9.48 Å². The standard InChI is InChI=1S/C16H17N7O/c1-10-6-13(22(2)21-10)16(24)20-11-7-23(8-11)15-12-4-3-5-17-14(12)18-9-19-15/h3-6,9,11H,7-8H2,1-2H3,(H,20,24). The van der Waals surface area contributed by atoms with E-state index in [0.717, 1.165) is 16.9 Å². The highest BCUT2D eigenvalue weighted by atomic mass is 16.2. The topological polar surface area (TPSA) is 88.8 Å². The minimum Gasteiger partial charge on any atom is -0.352 e. The van der Waals surface area contributed by atoms with Crippen LogP contribution in [0.4, 0.5) is 5.82 Å². The minimum atomic E-state index is -0.100. The molecule has 1 aliphatic heterocycles. The molecule has 0 atom stereocenters. The first-order valence-electron chi connectivity index (χ1n) is 7.74. The molecule has 1 saturated heterocycles. The van der Waals surface area contributed by atoms with Gasteiger partial charge in [-0.25, -0.2) is 15.0 Å². The van der Waals surface area contributed by atoms with Crippen molar-refractivity contribution in [2.24, 2.45) is 7.05 Å². The first-order valence-corrected chi connectivity index (χ1v) is 7.74. The second-order valence-electron chi connectivity index (χ2n) is 5.94. The average molecular weight is 323 g/mol. The van der Waals surface area contributed by atoms with Crippen molar-refractivity contribution in [3.05, 3.63) is 42.1 Å². The lowest BCUT2D eigenvalue weighted by Gasteiger charge is -2.40. The van der Waals surface area contributed by atoms with Gasteiger partial charge in [0.25, 0.3) is 5.91 Å². The number of aryl methyl sites for hydroxylation is 2. The van der Waals surface area contributed by atoms with E-state index in [2.05, 4.69) is 30.3 Å². The Bertz CT molecular complexity index is 908. The van der Waals surface area contributed by atoms with E-state index in [4.69, 9.17) is 0 Å². The summed E-state index contributed by atoms with van der Waals surface area (Å²) in [6.07, 6.45) is 3.24. The molecule has 8 heteroatoms. The molecule has 4 rings (SSSR count). The molecule has 0 radical (unpaired) electrons. The molecule has 1 amide bonds. The van der Waals surface area contributed by atoms with Crippen LogP contribution in [0.1, 0.15) is 16.2 Å². The summed E-state index contributed by atoms with van der Waals surface area (Å²) in [6.45, 7) is 3.29. The van der Waals surface area contributed by atoms with E-state index >= 15 is 0 Å². The third-order valence-electron chi connectivity index (χ3n) is 4.14. The molecule has 0 aromatic carbocycles. The Morgan fingerprint density at radius 1 is 1.29 bits per heavy atom. The van der Waals surface area contributed by atoms with Gasteiger partial charge in [0.1, 0.15) is 17.8 Å². The van der Waals surface area contributed by atoms with E-state index < -0.39 is 0 Å². The van der Waals surface area contributed by atoms with Crippen LogP contribution in [-0.4, -0.2) is 49.8 Å². The SMILES string of the molecule is Cc1cc(C(=O)NC2CN(c3ncnc4ncccc34)C2)n(C)n1. The van der Waals surface area contributed by atoms with Gasteiger partial charge in [-0.1, -0.05) is 0 Å².